The first-order valence-electron chi connectivity index (χ1n) is 6.15. The maximum atomic E-state index is 5.85. The number of hydrogen-bond donors (Lipinski definition) is 1. The number of benzene rings is 1. The Bertz CT molecular complexity index is 316. The van der Waals surface area contributed by atoms with Crippen molar-refractivity contribution >= 4 is 0 Å². The van der Waals surface area contributed by atoms with Crippen LogP contribution in [0.5, 0.6) is 0 Å². The molecule has 0 aliphatic heterocycles. The second-order valence-electron chi connectivity index (χ2n) is 4.64. The summed E-state index contributed by atoms with van der Waals surface area (Å²) in [5.41, 5.74) is 2.62. The molecule has 2 rings (SSSR count). The molecule has 1 atom stereocenters. The second-order valence-corrected chi connectivity index (χ2v) is 4.64. The van der Waals surface area contributed by atoms with Crippen molar-refractivity contribution in [2.75, 3.05) is 13.7 Å². The van der Waals surface area contributed by atoms with Crippen LogP contribution in [0.1, 0.15) is 36.4 Å². The van der Waals surface area contributed by atoms with Crippen molar-refractivity contribution in [1.82, 2.24) is 5.32 Å². The summed E-state index contributed by atoms with van der Waals surface area (Å²) in [6, 6.07) is 8.99. The summed E-state index contributed by atoms with van der Waals surface area (Å²) in [5.74, 6) is 0. The molecular formula is C14H21NO. The molecule has 16 heavy (non-hydrogen) atoms. The molecule has 2 heteroatoms. The van der Waals surface area contributed by atoms with Gasteiger partial charge in [-0.25, -0.2) is 0 Å². The van der Waals surface area contributed by atoms with E-state index in [1.54, 1.807) is 0 Å². The number of rotatable bonds is 5. The fraction of sp³-hybridized carbons (Fsp3) is 0.571. The minimum atomic E-state index is 0.321. The van der Waals surface area contributed by atoms with E-state index >= 15 is 0 Å². The smallest absolute Gasteiger partial charge is 0.0665 e. The maximum absolute atomic E-state index is 5.85. The van der Waals surface area contributed by atoms with Crippen LogP contribution in [0.15, 0.2) is 24.3 Å². The average molecular weight is 219 g/mol. The molecule has 1 aliphatic rings. The highest BCUT2D eigenvalue weighted by Crippen LogP contribution is 2.24. The topological polar surface area (TPSA) is 21.3 Å². The first-order valence-corrected chi connectivity index (χ1v) is 6.15. The monoisotopic (exact) mass is 219 g/mol. The van der Waals surface area contributed by atoms with E-state index in [0.717, 1.165) is 6.61 Å². The van der Waals surface area contributed by atoms with Gasteiger partial charge in [0.25, 0.3) is 0 Å². The molecule has 1 aromatic rings. The van der Waals surface area contributed by atoms with E-state index in [-0.39, 0.29) is 0 Å². The zero-order chi connectivity index (χ0) is 11.4. The first-order chi connectivity index (χ1) is 7.79. The highest BCUT2D eigenvalue weighted by Gasteiger charge is 2.19. The fourth-order valence-corrected chi connectivity index (χ4v) is 1.91. The standard InChI is InChI=1S/C14H21NO/c1-11-6-8-12(9-7-11)14(15-2)10-16-13-4-3-5-13/h6-9,13-15H,3-5,10H2,1-2H3. The van der Waals surface area contributed by atoms with E-state index in [4.69, 9.17) is 4.74 Å². The second kappa shape index (κ2) is 5.46. The maximum Gasteiger partial charge on any atom is 0.0665 e. The Kier molecular flexibility index (Phi) is 3.97. The Labute approximate surface area is 98.0 Å². The molecular weight excluding hydrogens is 198 g/mol. The van der Waals surface area contributed by atoms with E-state index in [2.05, 4.69) is 36.5 Å². The zero-order valence-electron chi connectivity index (χ0n) is 10.2. The van der Waals surface area contributed by atoms with Crippen LogP contribution < -0.4 is 5.32 Å². The van der Waals surface area contributed by atoms with Gasteiger partial charge in [-0.15, -0.1) is 0 Å². The molecule has 1 fully saturated rings. The molecule has 0 radical (unpaired) electrons. The van der Waals surface area contributed by atoms with Crippen LogP contribution in [0.4, 0.5) is 0 Å². The summed E-state index contributed by atoms with van der Waals surface area (Å²) in [6.07, 6.45) is 4.33. The number of likely N-dealkylation sites (N-methyl/N-ethyl adjacent to an activating group) is 1. The highest BCUT2D eigenvalue weighted by atomic mass is 16.5. The number of aryl methyl sites for hydroxylation is 1. The third-order valence-corrected chi connectivity index (χ3v) is 3.38. The lowest BCUT2D eigenvalue weighted by molar-refractivity contribution is -0.00794. The zero-order valence-corrected chi connectivity index (χ0v) is 10.2. The molecule has 0 spiro atoms. The van der Waals surface area contributed by atoms with Crippen LogP contribution in [0.2, 0.25) is 0 Å². The highest BCUT2D eigenvalue weighted by molar-refractivity contribution is 5.24. The molecule has 1 unspecified atom stereocenters. The molecule has 0 bridgehead atoms. The lowest BCUT2D eigenvalue weighted by atomic mass is 9.96. The van der Waals surface area contributed by atoms with Crippen molar-refractivity contribution in [1.29, 1.82) is 0 Å². The minimum absolute atomic E-state index is 0.321. The van der Waals surface area contributed by atoms with Crippen LogP contribution in [0, 0.1) is 6.92 Å². The van der Waals surface area contributed by atoms with Gasteiger partial charge in [0.05, 0.1) is 18.8 Å². The Balaban J connectivity index is 1.90. The Hall–Kier alpha value is -0.860. The van der Waals surface area contributed by atoms with E-state index < -0.39 is 0 Å². The molecule has 0 heterocycles. The lowest BCUT2D eigenvalue weighted by Crippen LogP contribution is -2.28. The Morgan fingerprint density at radius 1 is 1.31 bits per heavy atom. The summed E-state index contributed by atoms with van der Waals surface area (Å²) in [6.45, 7) is 2.90. The van der Waals surface area contributed by atoms with E-state index in [1.807, 2.05) is 7.05 Å². The predicted molar refractivity (Wildman–Crippen MR) is 66.6 cm³/mol. The molecule has 1 N–H and O–H groups in total. The fourth-order valence-electron chi connectivity index (χ4n) is 1.91. The van der Waals surface area contributed by atoms with Gasteiger partial charge < -0.3 is 10.1 Å². The van der Waals surface area contributed by atoms with Crippen LogP contribution in [0.25, 0.3) is 0 Å². The van der Waals surface area contributed by atoms with Crippen molar-refractivity contribution in [3.05, 3.63) is 35.4 Å². The summed E-state index contributed by atoms with van der Waals surface area (Å²) >= 11 is 0. The predicted octanol–water partition coefficient (Wildman–Crippen LogP) is 2.82. The van der Waals surface area contributed by atoms with Gasteiger partial charge in [-0.1, -0.05) is 29.8 Å². The van der Waals surface area contributed by atoms with Crippen molar-refractivity contribution in [3.63, 3.8) is 0 Å². The normalized spacial score (nSPS) is 18.1. The van der Waals surface area contributed by atoms with Crippen molar-refractivity contribution in [3.8, 4) is 0 Å². The van der Waals surface area contributed by atoms with Crippen LogP contribution in [0.3, 0.4) is 0 Å². The minimum Gasteiger partial charge on any atom is -0.376 e. The summed E-state index contributed by atoms with van der Waals surface area (Å²) in [5, 5.41) is 3.32. The van der Waals surface area contributed by atoms with Gasteiger partial charge in [0.2, 0.25) is 0 Å². The van der Waals surface area contributed by atoms with Gasteiger partial charge in [-0.05, 0) is 38.8 Å². The van der Waals surface area contributed by atoms with E-state index in [9.17, 15) is 0 Å². The molecule has 1 aromatic carbocycles. The van der Waals surface area contributed by atoms with Gasteiger partial charge in [0.15, 0.2) is 0 Å². The van der Waals surface area contributed by atoms with Crippen molar-refractivity contribution < 1.29 is 4.74 Å². The Morgan fingerprint density at radius 3 is 2.50 bits per heavy atom. The van der Waals surface area contributed by atoms with Gasteiger partial charge in [0.1, 0.15) is 0 Å². The summed E-state index contributed by atoms with van der Waals surface area (Å²) in [4.78, 5) is 0. The molecule has 2 nitrogen and oxygen atoms in total. The molecule has 1 saturated carbocycles. The third kappa shape index (κ3) is 2.83. The van der Waals surface area contributed by atoms with Crippen molar-refractivity contribution in [2.45, 2.75) is 38.3 Å². The Morgan fingerprint density at radius 2 is 2.00 bits per heavy atom. The third-order valence-electron chi connectivity index (χ3n) is 3.38. The number of nitrogens with one attached hydrogen (secondary N) is 1. The van der Waals surface area contributed by atoms with Crippen LogP contribution >= 0.6 is 0 Å². The lowest BCUT2D eigenvalue weighted by Gasteiger charge is -2.28. The number of ether oxygens (including phenoxy) is 1. The molecule has 0 amide bonds. The number of hydrogen-bond acceptors (Lipinski definition) is 2. The van der Waals surface area contributed by atoms with Gasteiger partial charge in [0, 0.05) is 0 Å². The van der Waals surface area contributed by atoms with Crippen molar-refractivity contribution in [2.24, 2.45) is 0 Å². The molecule has 0 saturated heterocycles. The van der Waals surface area contributed by atoms with Gasteiger partial charge in [-0.3, -0.25) is 0 Å². The first kappa shape index (κ1) is 11.6. The van der Waals surface area contributed by atoms with E-state index in [1.165, 1.54) is 30.4 Å². The van der Waals surface area contributed by atoms with Crippen LogP contribution in [-0.2, 0) is 4.74 Å². The van der Waals surface area contributed by atoms with E-state index in [0.29, 0.717) is 12.1 Å². The quantitative estimate of drug-likeness (QED) is 0.822. The molecule has 0 aromatic heterocycles. The van der Waals surface area contributed by atoms with Gasteiger partial charge >= 0.3 is 0 Å². The summed E-state index contributed by atoms with van der Waals surface area (Å²) in [7, 11) is 1.99. The largest absolute Gasteiger partial charge is 0.376 e. The molecule has 88 valence electrons. The SMILES string of the molecule is CNC(COC1CCC1)c1ccc(C)cc1. The summed E-state index contributed by atoms with van der Waals surface area (Å²) < 4.78 is 5.85. The molecule has 1 aliphatic carbocycles. The van der Waals surface area contributed by atoms with Gasteiger partial charge in [-0.2, -0.15) is 0 Å². The van der Waals surface area contributed by atoms with Crippen LogP contribution in [-0.4, -0.2) is 19.8 Å². The average Bonchev–Trinajstić information content (AvgIpc) is 2.24.